The third-order valence-corrected chi connectivity index (χ3v) is 5.79. The first kappa shape index (κ1) is 21.7. The number of hydrogen-bond acceptors (Lipinski definition) is 6. The Morgan fingerprint density at radius 1 is 1.12 bits per heavy atom. The molecular weight excluding hydrogens is 452 g/mol. The predicted octanol–water partition coefficient (Wildman–Crippen LogP) is 4.93. The summed E-state index contributed by atoms with van der Waals surface area (Å²) in [7, 11) is 1.57. The van der Waals surface area contributed by atoms with E-state index in [4.69, 9.17) is 21.4 Å². The van der Waals surface area contributed by atoms with Crippen LogP contribution in [0.15, 0.2) is 84.3 Å². The molecule has 0 radical (unpaired) electrons. The van der Waals surface area contributed by atoms with Gasteiger partial charge < -0.3 is 15.4 Å². The maximum atomic E-state index is 13.6. The molecule has 3 heterocycles. The Bertz CT molecular complexity index is 1400. The molecule has 0 aliphatic carbocycles. The molecule has 0 saturated carbocycles. The first-order valence-corrected chi connectivity index (χ1v) is 11.0. The van der Waals surface area contributed by atoms with Crippen LogP contribution in [0.25, 0.3) is 11.4 Å². The van der Waals surface area contributed by atoms with Crippen LogP contribution in [0.4, 0.5) is 11.6 Å². The summed E-state index contributed by atoms with van der Waals surface area (Å²) < 4.78 is 7.12. The van der Waals surface area contributed by atoms with E-state index in [0.717, 1.165) is 11.1 Å². The molecule has 0 saturated heterocycles. The Kier molecular flexibility index (Phi) is 5.73. The van der Waals surface area contributed by atoms with E-state index >= 15 is 0 Å². The average molecular weight is 473 g/mol. The number of amides is 1. The van der Waals surface area contributed by atoms with Gasteiger partial charge in [-0.25, -0.2) is 4.68 Å². The summed E-state index contributed by atoms with van der Waals surface area (Å²) in [6, 6.07) is 17.8. The molecule has 0 spiro atoms. The zero-order valence-electron chi connectivity index (χ0n) is 18.5. The molecule has 9 heteroatoms. The highest BCUT2D eigenvalue weighted by Crippen LogP contribution is 2.37. The van der Waals surface area contributed by atoms with Gasteiger partial charge in [-0.3, -0.25) is 9.78 Å². The van der Waals surface area contributed by atoms with Gasteiger partial charge in [-0.2, -0.15) is 4.98 Å². The molecule has 1 aliphatic heterocycles. The van der Waals surface area contributed by atoms with Gasteiger partial charge in [0.2, 0.25) is 5.95 Å². The first-order chi connectivity index (χ1) is 16.5. The van der Waals surface area contributed by atoms with Crippen LogP contribution in [0, 0.1) is 0 Å². The molecule has 1 atom stereocenters. The Morgan fingerprint density at radius 3 is 2.68 bits per heavy atom. The Morgan fingerprint density at radius 2 is 1.91 bits per heavy atom. The van der Waals surface area contributed by atoms with E-state index < -0.39 is 6.04 Å². The summed E-state index contributed by atoms with van der Waals surface area (Å²) in [5.41, 5.74) is 3.39. The van der Waals surface area contributed by atoms with Crippen LogP contribution in [0.1, 0.15) is 18.5 Å². The molecule has 8 nitrogen and oxygen atoms in total. The van der Waals surface area contributed by atoms with Crippen molar-refractivity contribution in [2.24, 2.45) is 0 Å². The minimum atomic E-state index is -0.519. The maximum Gasteiger partial charge on any atom is 0.255 e. The molecular formula is C25H21ClN6O2. The first-order valence-electron chi connectivity index (χ1n) is 10.6. The summed E-state index contributed by atoms with van der Waals surface area (Å²) >= 11 is 6.18. The number of methoxy groups -OCH3 is 1. The van der Waals surface area contributed by atoms with Crippen LogP contribution in [0.2, 0.25) is 5.02 Å². The molecule has 2 aromatic heterocycles. The number of carbonyl (C=O) groups excluding carboxylic acids is 1. The van der Waals surface area contributed by atoms with Crippen LogP contribution < -0.4 is 15.4 Å². The molecule has 0 bridgehead atoms. The molecule has 34 heavy (non-hydrogen) atoms. The van der Waals surface area contributed by atoms with E-state index in [-0.39, 0.29) is 5.91 Å². The zero-order chi connectivity index (χ0) is 23.7. The number of nitrogens with zero attached hydrogens (tertiary/aromatic N) is 4. The third kappa shape index (κ3) is 3.99. The van der Waals surface area contributed by atoms with Crippen molar-refractivity contribution in [2.45, 2.75) is 13.0 Å². The number of allylic oxidation sites excluding steroid dienone is 1. The number of hydrogen-bond donors (Lipinski definition) is 2. The number of nitrogens with one attached hydrogen (secondary N) is 2. The molecule has 2 aromatic carbocycles. The van der Waals surface area contributed by atoms with Gasteiger partial charge in [0.15, 0.2) is 5.82 Å². The highest BCUT2D eigenvalue weighted by molar-refractivity contribution is 6.30. The fourth-order valence-electron chi connectivity index (χ4n) is 3.99. The van der Waals surface area contributed by atoms with Crippen molar-refractivity contribution in [2.75, 3.05) is 17.7 Å². The molecule has 170 valence electrons. The lowest BCUT2D eigenvalue weighted by Crippen LogP contribution is -2.31. The SMILES string of the molecule is COc1ccccc1NC(=O)C1=C(C)Nc2nc(-c3cccc(Cl)c3)nn2[C@@H]1c1ccncc1. The summed E-state index contributed by atoms with van der Waals surface area (Å²) in [5, 5.41) is 11.6. The predicted molar refractivity (Wildman–Crippen MR) is 131 cm³/mol. The number of anilines is 2. The highest BCUT2D eigenvalue weighted by Gasteiger charge is 2.34. The number of carbonyl (C=O) groups is 1. The quantitative estimate of drug-likeness (QED) is 0.427. The molecule has 5 rings (SSSR count). The van der Waals surface area contributed by atoms with Crippen LogP contribution in [-0.2, 0) is 4.79 Å². The van der Waals surface area contributed by atoms with E-state index in [1.807, 2.05) is 43.3 Å². The number of rotatable bonds is 5. The van der Waals surface area contributed by atoms with Gasteiger partial charge in [0.05, 0.1) is 18.4 Å². The lowest BCUT2D eigenvalue weighted by Gasteiger charge is -2.28. The number of para-hydroxylation sites is 2. The number of pyridine rings is 1. The second kappa shape index (κ2) is 8.99. The summed E-state index contributed by atoms with van der Waals surface area (Å²) in [4.78, 5) is 22.4. The Balaban J connectivity index is 1.59. The number of aromatic nitrogens is 4. The highest BCUT2D eigenvalue weighted by atomic mass is 35.5. The summed E-state index contributed by atoms with van der Waals surface area (Å²) in [6.45, 7) is 1.85. The largest absolute Gasteiger partial charge is 0.495 e. The monoisotopic (exact) mass is 472 g/mol. The number of benzene rings is 2. The third-order valence-electron chi connectivity index (χ3n) is 5.56. The van der Waals surface area contributed by atoms with E-state index in [0.29, 0.717) is 39.5 Å². The van der Waals surface area contributed by atoms with Crippen LogP contribution in [0.3, 0.4) is 0 Å². The van der Waals surface area contributed by atoms with Crippen LogP contribution in [0.5, 0.6) is 5.75 Å². The molecule has 0 unspecified atom stereocenters. The lowest BCUT2D eigenvalue weighted by atomic mass is 9.96. The fraction of sp³-hybridized carbons (Fsp3) is 0.120. The molecule has 0 fully saturated rings. The number of fused-ring (bicyclic) bond motifs is 1. The second-order valence-electron chi connectivity index (χ2n) is 7.72. The average Bonchev–Trinajstić information content (AvgIpc) is 3.27. The van der Waals surface area contributed by atoms with Crippen molar-refractivity contribution in [3.8, 4) is 17.1 Å². The van der Waals surface area contributed by atoms with E-state index in [9.17, 15) is 4.79 Å². The van der Waals surface area contributed by atoms with Crippen molar-refractivity contribution in [1.29, 1.82) is 0 Å². The van der Waals surface area contributed by atoms with Crippen molar-refractivity contribution < 1.29 is 9.53 Å². The molecule has 2 N–H and O–H groups in total. The van der Waals surface area contributed by atoms with Crippen molar-refractivity contribution >= 4 is 29.1 Å². The molecule has 1 amide bonds. The van der Waals surface area contributed by atoms with E-state index in [2.05, 4.69) is 20.6 Å². The van der Waals surface area contributed by atoms with Crippen molar-refractivity contribution in [3.63, 3.8) is 0 Å². The normalized spacial score (nSPS) is 14.9. The standard InChI is InChI=1S/C25H21ClN6O2/c1-15-21(24(33)29-19-8-3-4-9-20(19)34-2)22(16-10-12-27-13-11-16)32-25(28-15)30-23(31-32)17-6-5-7-18(26)14-17/h3-14,22H,1-2H3,(H,29,33)(H,28,30,31)/t22-/m1/s1. The van der Waals surface area contributed by atoms with Gasteiger partial charge >= 0.3 is 0 Å². The molecule has 1 aliphatic rings. The van der Waals surface area contributed by atoms with Gasteiger partial charge in [-0.15, -0.1) is 5.10 Å². The van der Waals surface area contributed by atoms with Gasteiger partial charge in [0.1, 0.15) is 11.8 Å². The van der Waals surface area contributed by atoms with Gasteiger partial charge in [0.25, 0.3) is 5.91 Å². The topological polar surface area (TPSA) is 94.0 Å². The van der Waals surface area contributed by atoms with Gasteiger partial charge in [0, 0.05) is 28.7 Å². The Labute approximate surface area is 201 Å². The van der Waals surface area contributed by atoms with Crippen LogP contribution >= 0.6 is 11.6 Å². The summed E-state index contributed by atoms with van der Waals surface area (Å²) in [5.74, 6) is 1.33. The fourth-order valence-corrected chi connectivity index (χ4v) is 4.18. The zero-order valence-corrected chi connectivity index (χ0v) is 19.2. The second-order valence-corrected chi connectivity index (χ2v) is 8.15. The van der Waals surface area contributed by atoms with Crippen molar-refractivity contribution in [3.05, 3.63) is 94.9 Å². The summed E-state index contributed by atoms with van der Waals surface area (Å²) in [6.07, 6.45) is 3.38. The molecule has 4 aromatic rings. The maximum absolute atomic E-state index is 13.6. The minimum absolute atomic E-state index is 0.276. The Hall–Kier alpha value is -4.17. The van der Waals surface area contributed by atoms with Gasteiger partial charge in [-0.1, -0.05) is 35.9 Å². The van der Waals surface area contributed by atoms with Crippen LogP contribution in [-0.4, -0.2) is 32.8 Å². The number of halogens is 1. The smallest absolute Gasteiger partial charge is 0.255 e. The lowest BCUT2D eigenvalue weighted by molar-refractivity contribution is -0.113. The minimum Gasteiger partial charge on any atom is -0.495 e. The van der Waals surface area contributed by atoms with Gasteiger partial charge in [-0.05, 0) is 48.9 Å². The van der Waals surface area contributed by atoms with Crippen molar-refractivity contribution in [1.82, 2.24) is 19.7 Å². The number of ether oxygens (including phenoxy) is 1. The van der Waals surface area contributed by atoms with E-state index in [1.165, 1.54) is 0 Å². The van der Waals surface area contributed by atoms with E-state index in [1.54, 1.807) is 48.5 Å².